The molecule has 0 fully saturated rings. The van der Waals surface area contributed by atoms with Crippen molar-refractivity contribution in [3.63, 3.8) is 0 Å². The zero-order valence-electron chi connectivity index (χ0n) is 18.5. The molecule has 164 valence electrons. The van der Waals surface area contributed by atoms with E-state index >= 15 is 0 Å². The molecule has 2 nitrogen and oxygen atoms in total. The maximum absolute atomic E-state index is 4.89. The first kappa shape index (κ1) is 21.0. The minimum absolute atomic E-state index is 0.948. The molecule has 4 heteroatoms. The SMILES string of the molecule is c1ccc(Cc2ccc(-c3nc4sc(-c5ccc(Cc6ccccc6)cc5)nc4s3)cc2)cc1. The van der Waals surface area contributed by atoms with Gasteiger partial charge in [-0.3, -0.25) is 0 Å². The highest BCUT2D eigenvalue weighted by Gasteiger charge is 2.13. The van der Waals surface area contributed by atoms with Crippen LogP contribution in [0.3, 0.4) is 0 Å². The summed E-state index contributed by atoms with van der Waals surface area (Å²) in [5.74, 6) is 0. The van der Waals surface area contributed by atoms with E-state index in [1.54, 1.807) is 22.7 Å². The molecule has 0 unspecified atom stereocenters. The third kappa shape index (κ3) is 4.56. The van der Waals surface area contributed by atoms with Crippen LogP contribution in [0.1, 0.15) is 22.3 Å². The summed E-state index contributed by atoms with van der Waals surface area (Å²) in [7, 11) is 0. The fourth-order valence-electron chi connectivity index (χ4n) is 4.08. The summed E-state index contributed by atoms with van der Waals surface area (Å²) in [5, 5.41) is 2.06. The smallest absolute Gasteiger partial charge is 0.155 e. The van der Waals surface area contributed by atoms with E-state index in [-0.39, 0.29) is 0 Å². The van der Waals surface area contributed by atoms with Crippen LogP contribution in [-0.4, -0.2) is 9.97 Å². The van der Waals surface area contributed by atoms with Crippen LogP contribution in [0.25, 0.3) is 30.8 Å². The monoisotopic (exact) mass is 474 g/mol. The molecule has 2 aromatic heterocycles. The van der Waals surface area contributed by atoms with Crippen molar-refractivity contribution >= 4 is 32.3 Å². The number of benzene rings is 4. The third-order valence-electron chi connectivity index (χ3n) is 5.88. The summed E-state index contributed by atoms with van der Waals surface area (Å²) >= 11 is 3.34. The quantitative estimate of drug-likeness (QED) is 0.243. The van der Waals surface area contributed by atoms with E-state index in [0.29, 0.717) is 0 Å². The van der Waals surface area contributed by atoms with Crippen LogP contribution >= 0.6 is 22.7 Å². The summed E-state index contributed by atoms with van der Waals surface area (Å²) in [4.78, 5) is 11.8. The number of fused-ring (bicyclic) bond motifs is 1. The molecule has 6 rings (SSSR count). The van der Waals surface area contributed by atoms with E-state index in [2.05, 4.69) is 109 Å². The van der Waals surface area contributed by atoms with Gasteiger partial charge in [-0.2, -0.15) is 0 Å². The van der Waals surface area contributed by atoms with E-state index in [1.807, 2.05) is 0 Å². The lowest BCUT2D eigenvalue weighted by atomic mass is 10.0. The van der Waals surface area contributed by atoms with Gasteiger partial charge >= 0.3 is 0 Å². The fourth-order valence-corrected chi connectivity index (χ4v) is 6.14. The van der Waals surface area contributed by atoms with Crippen molar-refractivity contribution in [3.05, 3.63) is 131 Å². The Morgan fingerprint density at radius 1 is 0.412 bits per heavy atom. The molecule has 2 heterocycles. The molecule has 0 aliphatic heterocycles. The predicted octanol–water partition coefficient (Wildman–Crippen LogP) is 8.27. The second-order valence-corrected chi connectivity index (χ2v) is 10.3. The van der Waals surface area contributed by atoms with Crippen molar-refractivity contribution in [3.8, 4) is 21.1 Å². The first-order chi connectivity index (χ1) is 16.8. The molecular weight excluding hydrogens is 452 g/mol. The molecule has 0 atom stereocenters. The number of thiazole rings is 2. The van der Waals surface area contributed by atoms with Crippen molar-refractivity contribution in [2.45, 2.75) is 12.8 Å². The summed E-state index contributed by atoms with van der Waals surface area (Å²) < 4.78 is 0. The average Bonchev–Trinajstić information content (AvgIpc) is 3.46. The van der Waals surface area contributed by atoms with Gasteiger partial charge in [0.05, 0.1) is 0 Å². The van der Waals surface area contributed by atoms with Crippen LogP contribution in [0.2, 0.25) is 0 Å². The molecule has 0 saturated carbocycles. The molecule has 0 radical (unpaired) electrons. The fraction of sp³-hybridized carbons (Fsp3) is 0.0667. The molecule has 4 aromatic carbocycles. The first-order valence-electron chi connectivity index (χ1n) is 11.3. The highest BCUT2D eigenvalue weighted by molar-refractivity contribution is 7.29. The van der Waals surface area contributed by atoms with Crippen molar-refractivity contribution in [2.75, 3.05) is 0 Å². The van der Waals surface area contributed by atoms with Crippen LogP contribution in [0.5, 0.6) is 0 Å². The van der Waals surface area contributed by atoms with Crippen molar-refractivity contribution in [2.24, 2.45) is 0 Å². The third-order valence-corrected chi connectivity index (χ3v) is 8.01. The lowest BCUT2D eigenvalue weighted by Gasteiger charge is -2.03. The van der Waals surface area contributed by atoms with E-state index < -0.39 is 0 Å². The predicted molar refractivity (Wildman–Crippen MR) is 145 cm³/mol. The van der Waals surface area contributed by atoms with Crippen LogP contribution in [0.4, 0.5) is 0 Å². The van der Waals surface area contributed by atoms with Gasteiger partial charge in [0.15, 0.2) is 9.66 Å². The van der Waals surface area contributed by atoms with E-state index in [1.165, 1.54) is 22.3 Å². The van der Waals surface area contributed by atoms with Crippen LogP contribution in [-0.2, 0) is 12.8 Å². The van der Waals surface area contributed by atoms with Gasteiger partial charge in [-0.05, 0) is 35.1 Å². The average molecular weight is 475 g/mol. The molecule has 0 amide bonds. The Bertz CT molecular complexity index is 1370. The summed E-state index contributed by atoms with van der Waals surface area (Å²) in [6.07, 6.45) is 1.90. The van der Waals surface area contributed by atoms with Crippen LogP contribution in [0, 0.1) is 0 Å². The Morgan fingerprint density at radius 2 is 0.765 bits per heavy atom. The summed E-state index contributed by atoms with van der Waals surface area (Å²) in [6, 6.07) is 38.7. The number of hydrogen-bond acceptors (Lipinski definition) is 4. The second-order valence-electron chi connectivity index (χ2n) is 8.37. The van der Waals surface area contributed by atoms with E-state index in [0.717, 1.165) is 43.6 Å². The Morgan fingerprint density at radius 3 is 1.15 bits per heavy atom. The van der Waals surface area contributed by atoms with Gasteiger partial charge in [-0.1, -0.05) is 132 Å². The lowest BCUT2D eigenvalue weighted by molar-refractivity contribution is 1.19. The number of rotatable bonds is 6. The molecule has 0 N–H and O–H groups in total. The maximum Gasteiger partial charge on any atom is 0.155 e. The second kappa shape index (κ2) is 9.34. The van der Waals surface area contributed by atoms with Gasteiger partial charge in [0.1, 0.15) is 10.0 Å². The van der Waals surface area contributed by atoms with Gasteiger partial charge in [0.2, 0.25) is 0 Å². The van der Waals surface area contributed by atoms with Gasteiger partial charge in [0, 0.05) is 11.1 Å². The maximum atomic E-state index is 4.89. The molecule has 0 spiro atoms. The Kier molecular flexibility index (Phi) is 5.76. The van der Waals surface area contributed by atoms with Gasteiger partial charge < -0.3 is 0 Å². The molecule has 0 aliphatic rings. The Balaban J connectivity index is 1.18. The van der Waals surface area contributed by atoms with Crippen LogP contribution in [0.15, 0.2) is 109 Å². The molecular formula is C30H22N2S2. The minimum atomic E-state index is 0.948. The standard InChI is InChI=1S/C30H22N2S2/c1-3-7-21(8-4-1)19-23-11-15-25(16-12-23)27-31-29-30(33-27)32-28(34-29)26-17-13-24(14-18-26)20-22-9-5-2-6-10-22/h1-18H,19-20H2. The molecule has 0 bridgehead atoms. The number of aromatic nitrogens is 2. The normalized spacial score (nSPS) is 11.2. The molecule has 0 aliphatic carbocycles. The summed E-state index contributed by atoms with van der Waals surface area (Å²) in [6.45, 7) is 0. The Hall–Kier alpha value is -3.60. The van der Waals surface area contributed by atoms with Gasteiger partial charge in [-0.25, -0.2) is 9.97 Å². The first-order valence-corrected chi connectivity index (χ1v) is 13.0. The van der Waals surface area contributed by atoms with Crippen molar-refractivity contribution in [1.82, 2.24) is 9.97 Å². The molecule has 34 heavy (non-hydrogen) atoms. The molecule has 0 saturated heterocycles. The highest BCUT2D eigenvalue weighted by atomic mass is 32.1. The van der Waals surface area contributed by atoms with Gasteiger partial charge in [0.25, 0.3) is 0 Å². The van der Waals surface area contributed by atoms with Crippen LogP contribution < -0.4 is 0 Å². The largest absolute Gasteiger partial charge is 0.223 e. The van der Waals surface area contributed by atoms with Gasteiger partial charge in [-0.15, -0.1) is 0 Å². The van der Waals surface area contributed by atoms with Crippen molar-refractivity contribution < 1.29 is 0 Å². The van der Waals surface area contributed by atoms with Crippen molar-refractivity contribution in [1.29, 1.82) is 0 Å². The zero-order valence-corrected chi connectivity index (χ0v) is 20.2. The van der Waals surface area contributed by atoms with E-state index in [9.17, 15) is 0 Å². The zero-order chi connectivity index (χ0) is 22.7. The Labute approximate surface area is 207 Å². The van der Waals surface area contributed by atoms with E-state index in [4.69, 9.17) is 9.97 Å². The summed E-state index contributed by atoms with van der Waals surface area (Å²) in [5.41, 5.74) is 7.58. The minimum Gasteiger partial charge on any atom is -0.223 e. The molecule has 6 aromatic rings. The topological polar surface area (TPSA) is 25.8 Å². The highest BCUT2D eigenvalue weighted by Crippen LogP contribution is 2.36. The lowest BCUT2D eigenvalue weighted by Crippen LogP contribution is -1.87. The number of nitrogens with zero attached hydrogens (tertiary/aromatic N) is 2. The number of hydrogen-bond donors (Lipinski definition) is 0.